The Morgan fingerprint density at radius 3 is 2.62 bits per heavy atom. The van der Waals surface area contributed by atoms with E-state index in [4.69, 9.17) is 19.2 Å². The quantitative estimate of drug-likeness (QED) is 0.266. The third kappa shape index (κ3) is 5.71. The van der Waals surface area contributed by atoms with Gasteiger partial charge in [0.2, 0.25) is 12.7 Å². The number of ether oxygens (including phenoxy) is 3. The maximum absolute atomic E-state index is 13.9. The molecule has 200 valence electrons. The molecule has 2 aliphatic rings. The predicted molar refractivity (Wildman–Crippen MR) is 150 cm³/mol. The van der Waals surface area contributed by atoms with Crippen LogP contribution in [-0.2, 0) is 22.6 Å². The lowest BCUT2D eigenvalue weighted by Crippen LogP contribution is -2.36. The molecule has 9 nitrogen and oxygen atoms in total. The minimum atomic E-state index is -0.153. The number of nitrogens with zero attached hydrogens (tertiary/aromatic N) is 3. The molecule has 1 saturated heterocycles. The lowest BCUT2D eigenvalue weighted by molar-refractivity contribution is -0.118. The Bertz CT molecular complexity index is 1550. The van der Waals surface area contributed by atoms with E-state index >= 15 is 0 Å². The molecule has 10 heteroatoms. The molecule has 3 aromatic carbocycles. The molecule has 0 radical (unpaired) electrons. The average Bonchev–Trinajstić information content (AvgIpc) is 3.45. The number of carbonyl (C=O) groups is 1. The Morgan fingerprint density at radius 2 is 1.77 bits per heavy atom. The summed E-state index contributed by atoms with van der Waals surface area (Å²) in [4.78, 5) is 33.6. The fraction of sp³-hybridized carbons (Fsp3) is 0.276. The van der Waals surface area contributed by atoms with Gasteiger partial charge in [-0.3, -0.25) is 14.2 Å². The molecular weight excluding hydrogens is 516 g/mol. The van der Waals surface area contributed by atoms with Crippen LogP contribution in [-0.4, -0.2) is 54.3 Å². The highest BCUT2D eigenvalue weighted by Crippen LogP contribution is 2.33. The number of hydrogen-bond acceptors (Lipinski definition) is 8. The molecule has 1 amide bonds. The SMILES string of the molecule is O=C(CSc1nc2ccc(N3CCOCC3)cc2c(=O)n1Cc1ccc2c(c1)OCO2)NCc1ccccc1. The number of thioether (sulfide) groups is 1. The molecule has 6 rings (SSSR count). The first-order chi connectivity index (χ1) is 19.1. The monoisotopic (exact) mass is 544 g/mol. The number of fused-ring (bicyclic) bond motifs is 2. The molecule has 3 heterocycles. The smallest absolute Gasteiger partial charge is 0.262 e. The summed E-state index contributed by atoms with van der Waals surface area (Å²) in [5.74, 6) is 1.34. The van der Waals surface area contributed by atoms with Crippen LogP contribution in [0.4, 0.5) is 5.69 Å². The van der Waals surface area contributed by atoms with Crippen molar-refractivity contribution in [1.29, 1.82) is 0 Å². The number of nitrogens with one attached hydrogen (secondary N) is 1. The maximum Gasteiger partial charge on any atom is 0.262 e. The number of rotatable bonds is 8. The van der Waals surface area contributed by atoms with E-state index in [9.17, 15) is 9.59 Å². The number of aromatic nitrogens is 2. The molecule has 2 aliphatic heterocycles. The van der Waals surface area contributed by atoms with Crippen LogP contribution in [0.3, 0.4) is 0 Å². The van der Waals surface area contributed by atoms with Crippen LogP contribution < -0.4 is 25.2 Å². The highest BCUT2D eigenvalue weighted by Gasteiger charge is 2.19. The Labute approximate surface area is 229 Å². The van der Waals surface area contributed by atoms with Crippen LogP contribution >= 0.6 is 11.8 Å². The molecule has 0 spiro atoms. The van der Waals surface area contributed by atoms with Crippen LogP contribution in [0.25, 0.3) is 10.9 Å². The second-order valence-electron chi connectivity index (χ2n) is 9.33. The first-order valence-electron chi connectivity index (χ1n) is 12.8. The van der Waals surface area contributed by atoms with E-state index < -0.39 is 0 Å². The van der Waals surface area contributed by atoms with Gasteiger partial charge in [0.1, 0.15) is 0 Å². The highest BCUT2D eigenvalue weighted by atomic mass is 32.2. The lowest BCUT2D eigenvalue weighted by atomic mass is 10.1. The molecular formula is C29H28N4O5S. The van der Waals surface area contributed by atoms with Crippen molar-refractivity contribution in [2.75, 3.05) is 43.7 Å². The van der Waals surface area contributed by atoms with E-state index in [1.54, 1.807) is 4.57 Å². The van der Waals surface area contributed by atoms with Gasteiger partial charge in [-0.25, -0.2) is 4.98 Å². The summed E-state index contributed by atoms with van der Waals surface area (Å²) in [7, 11) is 0. The molecule has 39 heavy (non-hydrogen) atoms. The molecule has 1 aromatic heterocycles. The Balaban J connectivity index is 1.29. The normalized spacial score (nSPS) is 14.5. The molecule has 4 aromatic rings. The molecule has 1 N–H and O–H groups in total. The largest absolute Gasteiger partial charge is 0.454 e. The number of carbonyl (C=O) groups excluding carboxylic acids is 1. The van der Waals surface area contributed by atoms with E-state index in [0.717, 1.165) is 29.9 Å². The third-order valence-electron chi connectivity index (χ3n) is 6.72. The summed E-state index contributed by atoms with van der Waals surface area (Å²) in [6.07, 6.45) is 0. The van der Waals surface area contributed by atoms with Gasteiger partial charge in [-0.05, 0) is 41.5 Å². The van der Waals surface area contributed by atoms with Crippen molar-refractivity contribution in [3.63, 3.8) is 0 Å². The molecule has 1 fully saturated rings. The zero-order valence-electron chi connectivity index (χ0n) is 21.3. The molecule has 0 unspecified atom stereocenters. The minimum Gasteiger partial charge on any atom is -0.454 e. The van der Waals surface area contributed by atoms with Crippen molar-refractivity contribution >= 4 is 34.3 Å². The summed E-state index contributed by atoms with van der Waals surface area (Å²) in [6, 6.07) is 21.2. The molecule has 0 saturated carbocycles. The van der Waals surface area contributed by atoms with Crippen LogP contribution in [0.1, 0.15) is 11.1 Å². The number of hydrogen-bond donors (Lipinski definition) is 1. The first kappa shape index (κ1) is 25.3. The Morgan fingerprint density at radius 1 is 0.949 bits per heavy atom. The summed E-state index contributed by atoms with van der Waals surface area (Å²) in [5, 5.41) is 3.97. The fourth-order valence-corrected chi connectivity index (χ4v) is 5.48. The third-order valence-corrected chi connectivity index (χ3v) is 7.70. The number of morpholine rings is 1. The molecule has 0 aliphatic carbocycles. The maximum atomic E-state index is 13.9. The Kier molecular flexibility index (Phi) is 7.38. The van der Waals surface area contributed by atoms with Gasteiger partial charge in [0.25, 0.3) is 5.56 Å². The molecule has 0 atom stereocenters. The van der Waals surface area contributed by atoms with Crippen LogP contribution in [0, 0.1) is 0 Å². The highest BCUT2D eigenvalue weighted by molar-refractivity contribution is 7.99. The van der Waals surface area contributed by atoms with Gasteiger partial charge in [-0.2, -0.15) is 0 Å². The minimum absolute atomic E-state index is 0.129. The second kappa shape index (κ2) is 11.4. The van der Waals surface area contributed by atoms with Gasteiger partial charge in [0.05, 0.1) is 36.4 Å². The van der Waals surface area contributed by atoms with Gasteiger partial charge in [0, 0.05) is 25.3 Å². The summed E-state index contributed by atoms with van der Waals surface area (Å²) >= 11 is 1.25. The van der Waals surface area contributed by atoms with Gasteiger partial charge in [-0.15, -0.1) is 0 Å². The van der Waals surface area contributed by atoms with Crippen molar-refractivity contribution in [1.82, 2.24) is 14.9 Å². The number of amides is 1. The summed E-state index contributed by atoms with van der Waals surface area (Å²) in [6.45, 7) is 3.78. The van der Waals surface area contributed by atoms with Gasteiger partial charge < -0.3 is 24.4 Å². The zero-order chi connectivity index (χ0) is 26.6. The van der Waals surface area contributed by atoms with Crippen molar-refractivity contribution in [2.24, 2.45) is 0 Å². The van der Waals surface area contributed by atoms with E-state index in [1.807, 2.05) is 66.7 Å². The summed E-state index contributed by atoms with van der Waals surface area (Å²) < 4.78 is 18.1. The lowest BCUT2D eigenvalue weighted by Gasteiger charge is -2.29. The van der Waals surface area contributed by atoms with Crippen LogP contribution in [0.15, 0.2) is 76.7 Å². The topological polar surface area (TPSA) is 94.9 Å². The van der Waals surface area contributed by atoms with Gasteiger partial charge in [0.15, 0.2) is 16.7 Å². The van der Waals surface area contributed by atoms with Crippen molar-refractivity contribution in [3.8, 4) is 11.5 Å². The van der Waals surface area contributed by atoms with Gasteiger partial charge >= 0.3 is 0 Å². The average molecular weight is 545 g/mol. The Hall–Kier alpha value is -4.02. The predicted octanol–water partition coefficient (Wildman–Crippen LogP) is 3.42. The van der Waals surface area contributed by atoms with Gasteiger partial charge in [-0.1, -0.05) is 48.2 Å². The second-order valence-corrected chi connectivity index (χ2v) is 10.3. The van der Waals surface area contributed by atoms with Crippen LogP contribution in [0.2, 0.25) is 0 Å². The van der Waals surface area contributed by atoms with E-state index in [-0.39, 0.29) is 30.6 Å². The fourth-order valence-electron chi connectivity index (χ4n) is 4.66. The van der Waals surface area contributed by atoms with Crippen molar-refractivity contribution in [3.05, 3.63) is 88.2 Å². The first-order valence-corrected chi connectivity index (χ1v) is 13.8. The van der Waals surface area contributed by atoms with E-state index in [2.05, 4.69) is 10.2 Å². The number of anilines is 1. The van der Waals surface area contributed by atoms with Crippen molar-refractivity contribution < 1.29 is 19.0 Å². The van der Waals surface area contributed by atoms with Crippen LogP contribution in [0.5, 0.6) is 11.5 Å². The van der Waals surface area contributed by atoms with E-state index in [1.165, 1.54) is 11.8 Å². The number of benzene rings is 3. The van der Waals surface area contributed by atoms with Crippen molar-refractivity contribution in [2.45, 2.75) is 18.2 Å². The van der Waals surface area contributed by atoms with E-state index in [0.29, 0.717) is 47.3 Å². The summed E-state index contributed by atoms with van der Waals surface area (Å²) in [5.41, 5.74) is 3.32. The molecule has 0 bridgehead atoms. The standard InChI is InChI=1S/C29H28N4O5S/c34-27(30-16-20-4-2-1-3-5-20)18-39-29-31-24-8-7-22(32-10-12-36-13-11-32)15-23(24)28(35)33(29)17-21-6-9-25-26(14-21)38-19-37-25/h1-9,14-15H,10-13,16-19H2,(H,30,34). The zero-order valence-corrected chi connectivity index (χ0v) is 22.1.